The molecule has 2 rings (SSSR count). The van der Waals surface area contributed by atoms with Gasteiger partial charge < -0.3 is 5.32 Å². The summed E-state index contributed by atoms with van der Waals surface area (Å²) in [6.45, 7) is 2.33. The molecular formula is C5H8ClN. The van der Waals surface area contributed by atoms with Crippen molar-refractivity contribution in [2.24, 2.45) is 11.8 Å². The molecule has 2 unspecified atom stereocenters. The lowest BCUT2D eigenvalue weighted by molar-refractivity contribution is 0.735. The maximum atomic E-state index is 5.81. The molecule has 40 valence electrons. The normalized spacial score (nSPS) is 57.0. The molecule has 1 aliphatic heterocycles. The van der Waals surface area contributed by atoms with Gasteiger partial charge in [0.15, 0.2) is 0 Å². The third-order valence-corrected chi connectivity index (χ3v) is 2.63. The van der Waals surface area contributed by atoms with Gasteiger partial charge in [-0.2, -0.15) is 0 Å². The lowest BCUT2D eigenvalue weighted by atomic mass is 10.4. The Morgan fingerprint density at radius 3 is 2.14 bits per heavy atom. The van der Waals surface area contributed by atoms with Gasteiger partial charge in [0.05, 0.1) is 0 Å². The van der Waals surface area contributed by atoms with E-state index < -0.39 is 0 Å². The number of alkyl halides is 1. The van der Waals surface area contributed by atoms with Crippen molar-refractivity contribution in [1.29, 1.82) is 0 Å². The Kier molecular flexibility index (Phi) is 0.682. The molecule has 0 aromatic heterocycles. The van der Waals surface area contributed by atoms with Gasteiger partial charge in [-0.1, -0.05) is 0 Å². The minimum atomic E-state index is 0.529. The highest BCUT2D eigenvalue weighted by Gasteiger charge is 2.51. The smallest absolute Gasteiger partial charge is 0.0423 e. The van der Waals surface area contributed by atoms with E-state index in [4.69, 9.17) is 11.6 Å². The quantitative estimate of drug-likeness (QED) is 0.454. The lowest BCUT2D eigenvalue weighted by Crippen LogP contribution is -2.14. The molecule has 0 aromatic rings. The van der Waals surface area contributed by atoms with Crippen LogP contribution in [0.3, 0.4) is 0 Å². The standard InChI is InChI=1S/C5H8ClN/c6-5-3-1-7-2-4(3)5/h3-5,7H,1-2H2. The van der Waals surface area contributed by atoms with Crippen LogP contribution in [-0.4, -0.2) is 18.5 Å². The molecule has 1 saturated carbocycles. The van der Waals surface area contributed by atoms with Crippen molar-refractivity contribution in [3.63, 3.8) is 0 Å². The molecule has 1 aliphatic carbocycles. The van der Waals surface area contributed by atoms with Gasteiger partial charge in [-0.15, -0.1) is 11.6 Å². The summed E-state index contributed by atoms with van der Waals surface area (Å²) < 4.78 is 0. The second-order valence-corrected chi connectivity index (χ2v) is 2.93. The third-order valence-electron chi connectivity index (χ3n) is 1.99. The van der Waals surface area contributed by atoms with Crippen molar-refractivity contribution in [3.05, 3.63) is 0 Å². The van der Waals surface area contributed by atoms with Crippen molar-refractivity contribution in [3.8, 4) is 0 Å². The summed E-state index contributed by atoms with van der Waals surface area (Å²) in [5, 5.41) is 3.80. The number of fused-ring (bicyclic) bond motifs is 1. The number of piperidine rings is 1. The van der Waals surface area contributed by atoms with Gasteiger partial charge >= 0.3 is 0 Å². The average molecular weight is 118 g/mol. The summed E-state index contributed by atoms with van der Waals surface area (Å²) in [5.41, 5.74) is 0. The maximum Gasteiger partial charge on any atom is 0.0423 e. The highest BCUT2D eigenvalue weighted by atomic mass is 35.5. The predicted molar refractivity (Wildman–Crippen MR) is 29.5 cm³/mol. The molecule has 1 nitrogen and oxygen atoms in total. The molecule has 0 spiro atoms. The van der Waals surface area contributed by atoms with Crippen molar-refractivity contribution >= 4 is 11.6 Å². The van der Waals surface area contributed by atoms with E-state index in [9.17, 15) is 0 Å². The molecule has 2 heteroatoms. The van der Waals surface area contributed by atoms with Crippen LogP contribution in [0.2, 0.25) is 0 Å². The predicted octanol–water partition coefficient (Wildman–Crippen LogP) is 0.443. The zero-order valence-electron chi connectivity index (χ0n) is 4.02. The second kappa shape index (κ2) is 1.15. The Bertz CT molecular complexity index is 84.1. The fraction of sp³-hybridized carbons (Fsp3) is 1.00. The van der Waals surface area contributed by atoms with E-state index in [0.717, 1.165) is 11.8 Å². The first-order chi connectivity index (χ1) is 3.39. The number of nitrogens with one attached hydrogen (secondary N) is 1. The fourth-order valence-corrected chi connectivity index (χ4v) is 1.81. The van der Waals surface area contributed by atoms with E-state index in [1.54, 1.807) is 0 Å². The zero-order chi connectivity index (χ0) is 4.85. The Hall–Kier alpha value is 0.250. The molecule has 2 fully saturated rings. The second-order valence-electron chi connectivity index (χ2n) is 2.43. The number of halogens is 1. The molecule has 0 radical (unpaired) electrons. The number of hydrogen-bond donors (Lipinski definition) is 1. The summed E-state index contributed by atoms with van der Waals surface area (Å²) in [7, 11) is 0. The van der Waals surface area contributed by atoms with E-state index in [2.05, 4.69) is 5.32 Å². The highest BCUT2D eigenvalue weighted by molar-refractivity contribution is 6.23. The van der Waals surface area contributed by atoms with E-state index in [-0.39, 0.29) is 0 Å². The first kappa shape index (κ1) is 4.16. The lowest BCUT2D eigenvalue weighted by Gasteiger charge is -1.92. The van der Waals surface area contributed by atoms with Crippen molar-refractivity contribution in [2.45, 2.75) is 5.38 Å². The van der Waals surface area contributed by atoms with E-state index in [1.807, 2.05) is 0 Å². The zero-order valence-corrected chi connectivity index (χ0v) is 4.78. The molecule has 1 heterocycles. The summed E-state index contributed by atoms with van der Waals surface area (Å²) in [6.07, 6.45) is 0. The van der Waals surface area contributed by atoms with Crippen LogP contribution in [0, 0.1) is 11.8 Å². The minimum absolute atomic E-state index is 0.529. The average Bonchev–Trinajstić information content (AvgIpc) is 2.26. The third kappa shape index (κ3) is 0.428. The Morgan fingerprint density at radius 2 is 1.86 bits per heavy atom. The van der Waals surface area contributed by atoms with Crippen LogP contribution < -0.4 is 5.32 Å². The molecule has 1 N–H and O–H groups in total. The van der Waals surface area contributed by atoms with Crippen LogP contribution in [0.1, 0.15) is 0 Å². The number of rotatable bonds is 0. The molecule has 0 aromatic carbocycles. The van der Waals surface area contributed by atoms with Gasteiger partial charge in [0, 0.05) is 5.38 Å². The number of hydrogen-bond acceptors (Lipinski definition) is 1. The van der Waals surface area contributed by atoms with Crippen LogP contribution in [0.5, 0.6) is 0 Å². The summed E-state index contributed by atoms with van der Waals surface area (Å²) in [4.78, 5) is 0. The SMILES string of the molecule is ClC1C2CNCC12. The summed E-state index contributed by atoms with van der Waals surface area (Å²) in [5.74, 6) is 1.67. The molecule has 0 bridgehead atoms. The van der Waals surface area contributed by atoms with Gasteiger partial charge in [-0.3, -0.25) is 0 Å². The van der Waals surface area contributed by atoms with Crippen molar-refractivity contribution in [2.75, 3.05) is 13.1 Å². The maximum absolute atomic E-state index is 5.81. The van der Waals surface area contributed by atoms with E-state index in [1.165, 1.54) is 13.1 Å². The van der Waals surface area contributed by atoms with Crippen LogP contribution >= 0.6 is 11.6 Å². The molecule has 0 amide bonds. The Labute approximate surface area is 48.0 Å². The van der Waals surface area contributed by atoms with Crippen LogP contribution in [0.4, 0.5) is 0 Å². The molecular weight excluding hydrogens is 110 g/mol. The first-order valence-electron chi connectivity index (χ1n) is 2.74. The Morgan fingerprint density at radius 1 is 1.29 bits per heavy atom. The van der Waals surface area contributed by atoms with Gasteiger partial charge in [0.2, 0.25) is 0 Å². The molecule has 2 aliphatic rings. The minimum Gasteiger partial charge on any atom is -0.316 e. The largest absolute Gasteiger partial charge is 0.316 e. The van der Waals surface area contributed by atoms with Crippen molar-refractivity contribution in [1.82, 2.24) is 5.32 Å². The molecule has 7 heavy (non-hydrogen) atoms. The molecule has 2 atom stereocenters. The summed E-state index contributed by atoms with van der Waals surface area (Å²) >= 11 is 5.81. The fourth-order valence-electron chi connectivity index (χ4n) is 1.34. The molecule has 1 saturated heterocycles. The van der Waals surface area contributed by atoms with Crippen LogP contribution in [0.25, 0.3) is 0 Å². The van der Waals surface area contributed by atoms with Crippen LogP contribution in [0.15, 0.2) is 0 Å². The van der Waals surface area contributed by atoms with Gasteiger partial charge in [0.1, 0.15) is 0 Å². The topological polar surface area (TPSA) is 12.0 Å². The van der Waals surface area contributed by atoms with Crippen LogP contribution in [-0.2, 0) is 0 Å². The van der Waals surface area contributed by atoms with Gasteiger partial charge in [-0.25, -0.2) is 0 Å². The van der Waals surface area contributed by atoms with E-state index in [0.29, 0.717) is 5.38 Å². The monoisotopic (exact) mass is 117 g/mol. The van der Waals surface area contributed by atoms with E-state index >= 15 is 0 Å². The van der Waals surface area contributed by atoms with Crippen molar-refractivity contribution < 1.29 is 0 Å². The first-order valence-corrected chi connectivity index (χ1v) is 3.18. The highest BCUT2D eigenvalue weighted by Crippen LogP contribution is 2.45. The summed E-state index contributed by atoms with van der Waals surface area (Å²) in [6, 6.07) is 0. The van der Waals surface area contributed by atoms with Gasteiger partial charge in [-0.05, 0) is 24.9 Å². The Balaban J connectivity index is 2.06. The van der Waals surface area contributed by atoms with Gasteiger partial charge in [0.25, 0.3) is 0 Å².